The van der Waals surface area contributed by atoms with Gasteiger partial charge in [-0.05, 0) is 30.7 Å². The third-order valence-electron chi connectivity index (χ3n) is 2.83. The Morgan fingerprint density at radius 1 is 1.57 bits per heavy atom. The molecule has 1 aliphatic carbocycles. The number of hydrogen-bond donors (Lipinski definition) is 2. The predicted molar refractivity (Wildman–Crippen MR) is 58.6 cm³/mol. The summed E-state index contributed by atoms with van der Waals surface area (Å²) in [7, 11) is 0. The first-order valence-corrected chi connectivity index (χ1v) is 5.63. The number of carbonyl (C=O) groups excluding carboxylic acids is 1. The average Bonchev–Trinajstić information content (AvgIpc) is 2.42. The molecule has 1 amide bonds. The molecule has 0 bridgehead atoms. The van der Waals surface area contributed by atoms with E-state index in [0.29, 0.717) is 16.5 Å². The van der Waals surface area contributed by atoms with Crippen LogP contribution in [0.15, 0.2) is 0 Å². The van der Waals surface area contributed by atoms with Crippen molar-refractivity contribution in [2.45, 2.75) is 32.1 Å². The Bertz CT molecular complexity index is 384. The van der Waals surface area contributed by atoms with Crippen LogP contribution in [-0.4, -0.2) is 5.91 Å². The zero-order chi connectivity index (χ0) is 10.3. The summed E-state index contributed by atoms with van der Waals surface area (Å²) < 4.78 is 0. The number of nitrogen functional groups attached to an aromatic ring is 1. The molecule has 1 heterocycles. The molecular formula is C10H14N2OS. The second-order valence-electron chi connectivity index (χ2n) is 3.84. The van der Waals surface area contributed by atoms with Gasteiger partial charge in [0.2, 0.25) is 0 Å². The Labute approximate surface area is 87.1 Å². The van der Waals surface area contributed by atoms with Gasteiger partial charge in [-0.1, -0.05) is 6.92 Å². The number of rotatable bonds is 1. The molecule has 14 heavy (non-hydrogen) atoms. The summed E-state index contributed by atoms with van der Waals surface area (Å²) in [6, 6.07) is 0. The highest BCUT2D eigenvalue weighted by Crippen LogP contribution is 2.41. The first-order chi connectivity index (χ1) is 6.61. The highest BCUT2D eigenvalue weighted by molar-refractivity contribution is 7.16. The van der Waals surface area contributed by atoms with Gasteiger partial charge in [-0.2, -0.15) is 0 Å². The van der Waals surface area contributed by atoms with Gasteiger partial charge in [0.15, 0.2) is 0 Å². The van der Waals surface area contributed by atoms with Crippen LogP contribution in [0.1, 0.15) is 46.5 Å². The maximum Gasteiger partial charge on any atom is 0.251 e. The molecule has 1 aliphatic rings. The van der Waals surface area contributed by atoms with Crippen LogP contribution in [0.25, 0.3) is 0 Å². The van der Waals surface area contributed by atoms with Gasteiger partial charge >= 0.3 is 0 Å². The van der Waals surface area contributed by atoms with Gasteiger partial charge in [-0.25, -0.2) is 0 Å². The van der Waals surface area contributed by atoms with Gasteiger partial charge in [-0.15, -0.1) is 11.3 Å². The largest absolute Gasteiger partial charge is 0.390 e. The van der Waals surface area contributed by atoms with E-state index in [-0.39, 0.29) is 5.91 Å². The average molecular weight is 210 g/mol. The quantitative estimate of drug-likeness (QED) is 0.743. The standard InChI is InChI=1S/C10H14N2OS/c1-5-3-2-4-6-7(5)8(9(11)13)10(12)14-6/h5H,2-4,12H2,1H3,(H2,11,13)/t5-/m1/s1. The lowest BCUT2D eigenvalue weighted by Crippen LogP contribution is -2.16. The van der Waals surface area contributed by atoms with Crippen molar-refractivity contribution in [1.29, 1.82) is 0 Å². The predicted octanol–water partition coefficient (Wildman–Crippen LogP) is 1.87. The van der Waals surface area contributed by atoms with Gasteiger partial charge < -0.3 is 11.5 Å². The number of fused-ring (bicyclic) bond motifs is 1. The van der Waals surface area contributed by atoms with E-state index in [2.05, 4.69) is 6.92 Å². The van der Waals surface area contributed by atoms with E-state index >= 15 is 0 Å². The van der Waals surface area contributed by atoms with Crippen LogP contribution < -0.4 is 11.5 Å². The fraction of sp³-hybridized carbons (Fsp3) is 0.500. The van der Waals surface area contributed by atoms with Crippen LogP contribution in [0.5, 0.6) is 0 Å². The normalized spacial score (nSPS) is 20.5. The fourth-order valence-electron chi connectivity index (χ4n) is 2.19. The molecule has 1 atom stereocenters. The van der Waals surface area contributed by atoms with Crippen molar-refractivity contribution in [3.8, 4) is 0 Å². The summed E-state index contributed by atoms with van der Waals surface area (Å²) in [5.74, 6) is 0.0450. The minimum absolute atomic E-state index is 0.381. The molecule has 0 saturated carbocycles. The molecule has 1 aromatic heterocycles. The van der Waals surface area contributed by atoms with Gasteiger partial charge in [-0.3, -0.25) is 4.79 Å². The van der Waals surface area contributed by atoms with Gasteiger partial charge in [0.1, 0.15) is 0 Å². The number of primary amides is 1. The van der Waals surface area contributed by atoms with Crippen molar-refractivity contribution in [3.05, 3.63) is 16.0 Å². The van der Waals surface area contributed by atoms with E-state index in [9.17, 15) is 4.79 Å². The molecule has 0 saturated heterocycles. The second kappa shape index (κ2) is 3.28. The van der Waals surface area contributed by atoms with Crippen LogP contribution in [0.4, 0.5) is 5.00 Å². The van der Waals surface area contributed by atoms with Crippen molar-refractivity contribution in [2.75, 3.05) is 5.73 Å². The van der Waals surface area contributed by atoms with E-state index in [1.165, 1.54) is 22.6 Å². The SMILES string of the molecule is C[C@@H]1CCCc2sc(N)c(C(N)=O)c21. The van der Waals surface area contributed by atoms with Gasteiger partial charge in [0.05, 0.1) is 10.6 Å². The third-order valence-corrected chi connectivity index (χ3v) is 3.92. The maximum absolute atomic E-state index is 11.2. The number of hydrogen-bond acceptors (Lipinski definition) is 3. The van der Waals surface area contributed by atoms with Crippen LogP contribution in [0.2, 0.25) is 0 Å². The smallest absolute Gasteiger partial charge is 0.251 e. The molecule has 0 radical (unpaired) electrons. The number of anilines is 1. The summed E-state index contributed by atoms with van der Waals surface area (Å²) in [6.45, 7) is 2.14. The Morgan fingerprint density at radius 3 is 2.93 bits per heavy atom. The molecule has 76 valence electrons. The summed E-state index contributed by atoms with van der Waals surface area (Å²) in [6.07, 6.45) is 3.36. The van der Waals surface area contributed by atoms with Crippen LogP contribution in [0, 0.1) is 0 Å². The lowest BCUT2D eigenvalue weighted by atomic mass is 9.86. The van der Waals surface area contributed by atoms with Crippen molar-refractivity contribution >= 4 is 22.2 Å². The molecule has 0 aromatic carbocycles. The molecule has 0 fully saturated rings. The minimum atomic E-state index is -0.381. The van der Waals surface area contributed by atoms with Crippen molar-refractivity contribution in [2.24, 2.45) is 5.73 Å². The Hall–Kier alpha value is -1.03. The maximum atomic E-state index is 11.2. The number of aryl methyl sites for hydroxylation is 1. The fourth-order valence-corrected chi connectivity index (χ4v) is 3.42. The Balaban J connectivity index is 2.59. The molecule has 0 spiro atoms. The molecule has 0 aliphatic heterocycles. The second-order valence-corrected chi connectivity index (χ2v) is 4.97. The highest BCUT2D eigenvalue weighted by Gasteiger charge is 2.26. The molecule has 0 unspecified atom stereocenters. The first-order valence-electron chi connectivity index (χ1n) is 4.82. The molecule has 2 rings (SSSR count). The Kier molecular flexibility index (Phi) is 2.23. The van der Waals surface area contributed by atoms with E-state index in [1.807, 2.05) is 0 Å². The topological polar surface area (TPSA) is 69.1 Å². The number of nitrogens with two attached hydrogens (primary N) is 2. The number of thiophene rings is 1. The van der Waals surface area contributed by atoms with Crippen LogP contribution in [-0.2, 0) is 6.42 Å². The molecule has 4 N–H and O–H groups in total. The van der Waals surface area contributed by atoms with Crippen LogP contribution in [0.3, 0.4) is 0 Å². The van der Waals surface area contributed by atoms with E-state index < -0.39 is 0 Å². The number of carbonyl (C=O) groups is 1. The zero-order valence-electron chi connectivity index (χ0n) is 8.17. The summed E-state index contributed by atoms with van der Waals surface area (Å²) in [5.41, 5.74) is 12.8. The summed E-state index contributed by atoms with van der Waals surface area (Å²) >= 11 is 1.53. The van der Waals surface area contributed by atoms with Gasteiger partial charge in [0.25, 0.3) is 5.91 Å². The lowest BCUT2D eigenvalue weighted by Gasteiger charge is -2.19. The molecule has 1 aromatic rings. The van der Waals surface area contributed by atoms with E-state index in [4.69, 9.17) is 11.5 Å². The zero-order valence-corrected chi connectivity index (χ0v) is 8.99. The molecule has 4 heteroatoms. The van der Waals surface area contributed by atoms with E-state index in [0.717, 1.165) is 18.4 Å². The number of amides is 1. The summed E-state index contributed by atoms with van der Waals surface area (Å²) in [4.78, 5) is 12.5. The molecule has 3 nitrogen and oxygen atoms in total. The Morgan fingerprint density at radius 2 is 2.29 bits per heavy atom. The third kappa shape index (κ3) is 1.30. The summed E-state index contributed by atoms with van der Waals surface area (Å²) in [5, 5.41) is 0.594. The van der Waals surface area contributed by atoms with Crippen molar-refractivity contribution in [3.63, 3.8) is 0 Å². The van der Waals surface area contributed by atoms with E-state index in [1.54, 1.807) is 0 Å². The minimum Gasteiger partial charge on any atom is -0.390 e. The van der Waals surface area contributed by atoms with Gasteiger partial charge in [0, 0.05) is 4.88 Å². The van der Waals surface area contributed by atoms with Crippen molar-refractivity contribution < 1.29 is 4.79 Å². The highest BCUT2D eigenvalue weighted by atomic mass is 32.1. The molecular weight excluding hydrogens is 196 g/mol. The monoisotopic (exact) mass is 210 g/mol. The van der Waals surface area contributed by atoms with Crippen molar-refractivity contribution in [1.82, 2.24) is 0 Å². The van der Waals surface area contributed by atoms with Crippen LogP contribution >= 0.6 is 11.3 Å². The lowest BCUT2D eigenvalue weighted by molar-refractivity contribution is 0.1000. The first kappa shape index (κ1) is 9.52.